The summed E-state index contributed by atoms with van der Waals surface area (Å²) in [5.41, 5.74) is 5.07. The molecule has 8 nitrogen and oxygen atoms in total. The minimum Gasteiger partial charge on any atom is -0.480 e. The monoisotopic (exact) mass is 300 g/mol. The number of carbonyl (C=O) groups excluding carboxylic acids is 2. The number of amides is 3. The molecule has 0 aromatic carbocycles. The van der Waals surface area contributed by atoms with Crippen LogP contribution in [0.25, 0.3) is 0 Å². The molecular formula is C13H24N4O4. The molecule has 1 unspecified atom stereocenters. The van der Waals surface area contributed by atoms with Crippen LogP contribution >= 0.6 is 0 Å². The van der Waals surface area contributed by atoms with Gasteiger partial charge in [-0.05, 0) is 19.5 Å². The van der Waals surface area contributed by atoms with Crippen molar-refractivity contribution < 1.29 is 19.5 Å². The van der Waals surface area contributed by atoms with Gasteiger partial charge in [-0.25, -0.2) is 4.79 Å². The Morgan fingerprint density at radius 3 is 2.33 bits per heavy atom. The lowest BCUT2D eigenvalue weighted by Gasteiger charge is -2.28. The first kappa shape index (κ1) is 17.2. The van der Waals surface area contributed by atoms with Crippen molar-refractivity contribution in [2.24, 2.45) is 5.73 Å². The predicted molar refractivity (Wildman–Crippen MR) is 76.7 cm³/mol. The summed E-state index contributed by atoms with van der Waals surface area (Å²) in [6, 6.07) is -0.157. The smallest absolute Gasteiger partial charge is 0.323 e. The molecular weight excluding hydrogens is 276 g/mol. The summed E-state index contributed by atoms with van der Waals surface area (Å²) in [5.74, 6) is -1.88. The van der Waals surface area contributed by atoms with Crippen LogP contribution in [-0.4, -0.2) is 83.0 Å². The van der Waals surface area contributed by atoms with Crippen molar-refractivity contribution in [2.45, 2.75) is 26.3 Å². The Morgan fingerprint density at radius 1 is 1.24 bits per heavy atom. The van der Waals surface area contributed by atoms with Crippen molar-refractivity contribution in [3.8, 4) is 0 Å². The minimum absolute atomic E-state index is 0.282. The van der Waals surface area contributed by atoms with Gasteiger partial charge < -0.3 is 20.6 Å². The van der Waals surface area contributed by atoms with Crippen LogP contribution in [0.4, 0.5) is 4.79 Å². The summed E-state index contributed by atoms with van der Waals surface area (Å²) >= 11 is 0. The molecule has 0 radical (unpaired) electrons. The van der Waals surface area contributed by atoms with E-state index in [0.717, 1.165) is 24.4 Å². The molecule has 1 aliphatic rings. The highest BCUT2D eigenvalue weighted by Crippen LogP contribution is 2.17. The maximum atomic E-state index is 12.3. The largest absolute Gasteiger partial charge is 0.480 e. The van der Waals surface area contributed by atoms with Crippen LogP contribution in [0.2, 0.25) is 0 Å². The maximum absolute atomic E-state index is 12.3. The summed E-state index contributed by atoms with van der Waals surface area (Å²) in [4.78, 5) is 39.0. The number of hydrogen-bond donors (Lipinski definition) is 2. The van der Waals surface area contributed by atoms with Crippen molar-refractivity contribution >= 4 is 17.9 Å². The average molecular weight is 300 g/mol. The van der Waals surface area contributed by atoms with Crippen LogP contribution < -0.4 is 5.73 Å². The van der Waals surface area contributed by atoms with Crippen molar-refractivity contribution in [3.63, 3.8) is 0 Å². The molecule has 0 spiro atoms. The first-order valence-corrected chi connectivity index (χ1v) is 7.17. The number of likely N-dealkylation sites (N-methyl/N-ethyl adjacent to an activating group) is 1. The number of carboxylic acids is 1. The van der Waals surface area contributed by atoms with Crippen LogP contribution in [0.15, 0.2) is 0 Å². The van der Waals surface area contributed by atoms with E-state index in [1.165, 1.54) is 0 Å². The van der Waals surface area contributed by atoms with Gasteiger partial charge >= 0.3 is 12.0 Å². The molecule has 1 heterocycles. The number of nitrogens with zero attached hydrogens (tertiary/aromatic N) is 3. The zero-order valence-corrected chi connectivity index (χ0v) is 12.6. The fraction of sp³-hybridized carbons (Fsp3) is 0.769. The molecule has 1 aliphatic heterocycles. The Balaban J connectivity index is 2.67. The summed E-state index contributed by atoms with van der Waals surface area (Å²) in [6.45, 7) is 6.16. The molecule has 0 aliphatic carbocycles. The van der Waals surface area contributed by atoms with Crippen LogP contribution in [0.5, 0.6) is 0 Å². The highest BCUT2D eigenvalue weighted by Gasteiger charge is 2.32. The van der Waals surface area contributed by atoms with Gasteiger partial charge in [-0.3, -0.25) is 14.5 Å². The number of likely N-dealkylation sites (tertiary alicyclic amines) is 1. The zero-order chi connectivity index (χ0) is 16.0. The number of nitrogens with two attached hydrogens (primary N) is 1. The Kier molecular flexibility index (Phi) is 6.41. The normalized spacial score (nSPS) is 18.0. The van der Waals surface area contributed by atoms with Crippen LogP contribution in [0.3, 0.4) is 0 Å². The third-order valence-corrected chi connectivity index (χ3v) is 3.71. The third-order valence-electron chi connectivity index (χ3n) is 3.71. The van der Waals surface area contributed by atoms with E-state index in [0.29, 0.717) is 13.1 Å². The standard InChI is InChI=1S/C13H24N4O4/c1-3-15(4-2)10-5-6-16(7-10)13(21)17(8-11(14)18)9-12(19)20/h10H,3-9H2,1-2H3,(H2,14,18)(H,19,20). The zero-order valence-electron chi connectivity index (χ0n) is 12.6. The number of primary amides is 1. The molecule has 120 valence electrons. The van der Waals surface area contributed by atoms with Crippen LogP contribution in [-0.2, 0) is 9.59 Å². The third kappa shape index (κ3) is 4.89. The molecule has 1 atom stereocenters. The molecule has 3 amide bonds. The molecule has 0 bridgehead atoms. The van der Waals surface area contributed by atoms with Gasteiger partial charge in [0.2, 0.25) is 5.91 Å². The number of rotatable bonds is 7. The summed E-state index contributed by atoms with van der Waals surface area (Å²) in [7, 11) is 0. The quantitative estimate of drug-likeness (QED) is 0.652. The van der Waals surface area contributed by atoms with E-state index in [2.05, 4.69) is 18.7 Å². The van der Waals surface area contributed by atoms with Crippen molar-refractivity contribution in [1.29, 1.82) is 0 Å². The topological polar surface area (TPSA) is 107 Å². The highest BCUT2D eigenvalue weighted by atomic mass is 16.4. The average Bonchev–Trinajstić information content (AvgIpc) is 2.87. The first-order chi connectivity index (χ1) is 9.88. The fourth-order valence-corrected chi connectivity index (χ4v) is 2.70. The molecule has 1 saturated heterocycles. The van der Waals surface area contributed by atoms with Crippen molar-refractivity contribution in [1.82, 2.24) is 14.7 Å². The maximum Gasteiger partial charge on any atom is 0.323 e. The Bertz CT molecular complexity index is 382. The number of carboxylic acid groups (broad SMARTS) is 1. The van der Waals surface area contributed by atoms with Gasteiger partial charge in [0.25, 0.3) is 0 Å². The lowest BCUT2D eigenvalue weighted by Crippen LogP contribution is -2.48. The fourth-order valence-electron chi connectivity index (χ4n) is 2.70. The predicted octanol–water partition coefficient (Wildman–Crippen LogP) is -0.606. The molecule has 8 heteroatoms. The summed E-state index contributed by atoms with van der Waals surface area (Å²) in [5, 5.41) is 8.83. The summed E-state index contributed by atoms with van der Waals surface area (Å²) < 4.78 is 0. The Morgan fingerprint density at radius 2 is 1.86 bits per heavy atom. The van der Waals surface area contributed by atoms with Crippen LogP contribution in [0, 0.1) is 0 Å². The van der Waals surface area contributed by atoms with Gasteiger partial charge in [0, 0.05) is 19.1 Å². The molecule has 0 saturated carbocycles. The molecule has 3 N–H and O–H groups in total. The number of carbonyl (C=O) groups is 3. The van der Waals surface area contributed by atoms with E-state index in [-0.39, 0.29) is 12.6 Å². The molecule has 21 heavy (non-hydrogen) atoms. The van der Waals surface area contributed by atoms with E-state index >= 15 is 0 Å². The van der Waals surface area contributed by atoms with Gasteiger partial charge in [-0.15, -0.1) is 0 Å². The second kappa shape index (κ2) is 7.82. The van der Waals surface area contributed by atoms with Gasteiger partial charge in [-0.1, -0.05) is 13.8 Å². The van der Waals surface area contributed by atoms with Crippen molar-refractivity contribution in [2.75, 3.05) is 39.3 Å². The van der Waals surface area contributed by atoms with E-state index in [1.807, 2.05) is 0 Å². The SMILES string of the molecule is CCN(CC)C1CCN(C(=O)N(CC(N)=O)CC(=O)O)C1. The summed E-state index contributed by atoms with van der Waals surface area (Å²) in [6.07, 6.45) is 0.852. The van der Waals surface area contributed by atoms with E-state index < -0.39 is 24.5 Å². The van der Waals surface area contributed by atoms with Gasteiger partial charge in [-0.2, -0.15) is 0 Å². The number of urea groups is 1. The first-order valence-electron chi connectivity index (χ1n) is 7.17. The second-order valence-corrected chi connectivity index (χ2v) is 5.11. The molecule has 1 rings (SSSR count). The van der Waals surface area contributed by atoms with E-state index in [9.17, 15) is 14.4 Å². The molecule has 0 aromatic rings. The van der Waals surface area contributed by atoms with Gasteiger partial charge in [0.05, 0.1) is 0 Å². The Hall–Kier alpha value is -1.83. The number of hydrogen-bond acceptors (Lipinski definition) is 4. The van der Waals surface area contributed by atoms with Crippen molar-refractivity contribution in [3.05, 3.63) is 0 Å². The molecule has 1 fully saturated rings. The van der Waals surface area contributed by atoms with E-state index in [1.54, 1.807) is 4.90 Å². The number of aliphatic carboxylic acids is 1. The van der Waals surface area contributed by atoms with E-state index in [4.69, 9.17) is 10.8 Å². The lowest BCUT2D eigenvalue weighted by molar-refractivity contribution is -0.138. The van der Waals surface area contributed by atoms with Gasteiger partial charge in [0.15, 0.2) is 0 Å². The minimum atomic E-state index is -1.16. The second-order valence-electron chi connectivity index (χ2n) is 5.11. The Labute approximate surface area is 124 Å². The molecule has 0 aromatic heterocycles. The van der Waals surface area contributed by atoms with Crippen LogP contribution in [0.1, 0.15) is 20.3 Å². The lowest BCUT2D eigenvalue weighted by atomic mass is 10.2. The van der Waals surface area contributed by atoms with Gasteiger partial charge in [0.1, 0.15) is 13.1 Å². The highest BCUT2D eigenvalue weighted by molar-refractivity contribution is 5.86.